The van der Waals surface area contributed by atoms with Crippen molar-refractivity contribution in [2.75, 3.05) is 12.3 Å². The molecule has 0 saturated carbocycles. The quantitative estimate of drug-likeness (QED) is 0.864. The Morgan fingerprint density at radius 1 is 1.05 bits per heavy atom. The number of ketones is 1. The highest BCUT2D eigenvalue weighted by molar-refractivity contribution is 7.99. The van der Waals surface area contributed by atoms with Gasteiger partial charge in [0.25, 0.3) is 0 Å². The van der Waals surface area contributed by atoms with Crippen molar-refractivity contribution in [3.63, 3.8) is 0 Å². The molecule has 1 aliphatic carbocycles. The molecule has 1 N–H and O–H groups in total. The summed E-state index contributed by atoms with van der Waals surface area (Å²) >= 11 is 1.85. The van der Waals surface area contributed by atoms with Crippen molar-refractivity contribution >= 4 is 23.2 Å². The van der Waals surface area contributed by atoms with Gasteiger partial charge in [-0.1, -0.05) is 54.1 Å². The van der Waals surface area contributed by atoms with Gasteiger partial charge < -0.3 is 5.32 Å². The minimum absolute atomic E-state index is 0.116. The van der Waals surface area contributed by atoms with Crippen molar-refractivity contribution in [2.45, 2.75) is 12.2 Å². The van der Waals surface area contributed by atoms with E-state index in [1.165, 1.54) is 11.1 Å². The number of nitrogens with one attached hydrogen (secondary N) is 1. The van der Waals surface area contributed by atoms with Crippen molar-refractivity contribution in [3.05, 3.63) is 76.4 Å². The zero-order valence-electron chi connectivity index (χ0n) is 12.4. The van der Waals surface area contributed by atoms with Gasteiger partial charge in [-0.25, -0.2) is 0 Å². The second kappa shape index (κ2) is 5.33. The standard InChI is InChI=1S/C19H17NOS/c1-12-6-8-13(9-7-12)19-16-17(20-10-11-22-19)14-4-2-3-5-15(14)18(16)21/h2-9,19-20H,10-11H2,1H3. The van der Waals surface area contributed by atoms with Crippen LogP contribution in [0.3, 0.4) is 0 Å². The number of carbonyl (C=O) groups excluding carboxylic acids is 1. The Balaban J connectivity index is 1.85. The third-order valence-electron chi connectivity index (χ3n) is 4.29. The SMILES string of the molecule is Cc1ccc(C2SCCNC3=C2C(=O)c2ccccc23)cc1. The monoisotopic (exact) mass is 307 g/mol. The lowest BCUT2D eigenvalue weighted by Crippen LogP contribution is -2.13. The molecule has 0 bridgehead atoms. The van der Waals surface area contributed by atoms with Gasteiger partial charge in [-0.3, -0.25) is 4.79 Å². The Kier molecular flexibility index (Phi) is 3.30. The van der Waals surface area contributed by atoms with Gasteiger partial charge in [0.15, 0.2) is 5.78 Å². The third kappa shape index (κ3) is 2.08. The molecule has 1 unspecified atom stereocenters. The van der Waals surface area contributed by atoms with Crippen LogP contribution < -0.4 is 5.32 Å². The second-order valence-corrected chi connectivity index (χ2v) is 6.96. The summed E-state index contributed by atoms with van der Waals surface area (Å²) in [6.45, 7) is 2.99. The molecule has 4 rings (SSSR count). The summed E-state index contributed by atoms with van der Waals surface area (Å²) in [5, 5.41) is 3.60. The van der Waals surface area contributed by atoms with Crippen LogP contribution >= 0.6 is 11.8 Å². The van der Waals surface area contributed by atoms with E-state index in [2.05, 4.69) is 36.5 Å². The molecule has 0 radical (unpaired) electrons. The van der Waals surface area contributed by atoms with E-state index in [1.54, 1.807) is 0 Å². The molecule has 0 aromatic heterocycles. The maximum atomic E-state index is 12.9. The van der Waals surface area contributed by atoms with Gasteiger partial charge in [-0.15, -0.1) is 11.8 Å². The number of Topliss-reactive ketones (excluding diaryl/α,β-unsaturated/α-hetero) is 1. The lowest BCUT2D eigenvalue weighted by Gasteiger charge is -2.16. The average molecular weight is 307 g/mol. The summed E-state index contributed by atoms with van der Waals surface area (Å²) in [4.78, 5) is 12.9. The first-order valence-corrected chi connectivity index (χ1v) is 8.61. The van der Waals surface area contributed by atoms with Crippen molar-refractivity contribution in [2.24, 2.45) is 0 Å². The average Bonchev–Trinajstić information content (AvgIpc) is 2.71. The van der Waals surface area contributed by atoms with Gasteiger partial charge in [0.05, 0.1) is 10.9 Å². The van der Waals surface area contributed by atoms with E-state index in [0.717, 1.165) is 34.7 Å². The van der Waals surface area contributed by atoms with Crippen LogP contribution in [0.5, 0.6) is 0 Å². The van der Waals surface area contributed by atoms with Crippen molar-refractivity contribution in [1.29, 1.82) is 0 Å². The first-order valence-electron chi connectivity index (χ1n) is 7.56. The Morgan fingerprint density at radius 3 is 2.55 bits per heavy atom. The van der Waals surface area contributed by atoms with Gasteiger partial charge in [0.2, 0.25) is 0 Å². The molecule has 2 aromatic carbocycles. The van der Waals surface area contributed by atoms with E-state index < -0.39 is 0 Å². The molecule has 0 spiro atoms. The van der Waals surface area contributed by atoms with Gasteiger partial charge in [-0.05, 0) is 12.5 Å². The van der Waals surface area contributed by atoms with Crippen LogP contribution in [0, 0.1) is 6.92 Å². The van der Waals surface area contributed by atoms with Crippen LogP contribution in [0.2, 0.25) is 0 Å². The Labute approximate surface area is 134 Å². The highest BCUT2D eigenvalue weighted by Gasteiger charge is 2.36. The van der Waals surface area contributed by atoms with Gasteiger partial charge in [0.1, 0.15) is 0 Å². The molecule has 110 valence electrons. The highest BCUT2D eigenvalue weighted by atomic mass is 32.2. The third-order valence-corrected chi connectivity index (χ3v) is 5.57. The molecule has 0 amide bonds. The van der Waals surface area contributed by atoms with E-state index in [9.17, 15) is 4.79 Å². The second-order valence-electron chi connectivity index (χ2n) is 5.75. The minimum Gasteiger partial charge on any atom is -0.383 e. The number of thioether (sulfide) groups is 1. The summed E-state index contributed by atoms with van der Waals surface area (Å²) in [6.07, 6.45) is 0. The molecular formula is C19H17NOS. The zero-order chi connectivity index (χ0) is 15.1. The summed E-state index contributed by atoms with van der Waals surface area (Å²) < 4.78 is 0. The Bertz CT molecular complexity index is 776. The van der Waals surface area contributed by atoms with E-state index in [0.29, 0.717) is 0 Å². The van der Waals surface area contributed by atoms with Crippen LogP contribution in [0.15, 0.2) is 54.1 Å². The normalized spacial score (nSPS) is 20.2. The van der Waals surface area contributed by atoms with Gasteiger partial charge in [-0.2, -0.15) is 0 Å². The predicted molar refractivity (Wildman–Crippen MR) is 92.1 cm³/mol. The molecule has 22 heavy (non-hydrogen) atoms. The first kappa shape index (κ1) is 13.6. The van der Waals surface area contributed by atoms with E-state index in [1.807, 2.05) is 36.0 Å². The smallest absolute Gasteiger partial charge is 0.193 e. The molecule has 0 saturated heterocycles. The molecule has 2 aliphatic rings. The molecule has 2 nitrogen and oxygen atoms in total. The summed E-state index contributed by atoms with van der Waals surface area (Å²) in [7, 11) is 0. The summed E-state index contributed by atoms with van der Waals surface area (Å²) in [5.41, 5.74) is 6.31. The molecule has 3 heteroatoms. The number of carbonyl (C=O) groups is 1. The molecule has 2 aromatic rings. The van der Waals surface area contributed by atoms with Crippen molar-refractivity contribution in [1.82, 2.24) is 5.32 Å². The van der Waals surface area contributed by atoms with Crippen molar-refractivity contribution < 1.29 is 4.79 Å². The van der Waals surface area contributed by atoms with Crippen LogP contribution in [0.4, 0.5) is 0 Å². The van der Waals surface area contributed by atoms with Crippen LogP contribution in [-0.4, -0.2) is 18.1 Å². The Morgan fingerprint density at radius 2 is 1.77 bits per heavy atom. The number of aryl methyl sites for hydroxylation is 1. The van der Waals surface area contributed by atoms with Gasteiger partial charge >= 0.3 is 0 Å². The maximum Gasteiger partial charge on any atom is 0.193 e. The van der Waals surface area contributed by atoms with E-state index >= 15 is 0 Å². The molecule has 1 atom stereocenters. The predicted octanol–water partition coefficient (Wildman–Crippen LogP) is 3.98. The molecule has 1 heterocycles. The maximum absolute atomic E-state index is 12.9. The first-order chi connectivity index (χ1) is 10.8. The fourth-order valence-corrected chi connectivity index (χ4v) is 4.38. The lowest BCUT2D eigenvalue weighted by atomic mass is 10.00. The number of hydrogen-bond donors (Lipinski definition) is 1. The van der Waals surface area contributed by atoms with Crippen LogP contribution in [0.25, 0.3) is 5.70 Å². The fourth-order valence-electron chi connectivity index (χ4n) is 3.18. The number of rotatable bonds is 1. The van der Waals surface area contributed by atoms with Crippen LogP contribution in [0.1, 0.15) is 32.3 Å². The number of benzene rings is 2. The van der Waals surface area contributed by atoms with Gasteiger partial charge in [0, 0.05) is 29.0 Å². The summed E-state index contributed by atoms with van der Waals surface area (Å²) in [5.74, 6) is 1.18. The highest BCUT2D eigenvalue weighted by Crippen LogP contribution is 2.45. The fraction of sp³-hybridized carbons (Fsp3) is 0.211. The number of fused-ring (bicyclic) bond motifs is 2. The van der Waals surface area contributed by atoms with E-state index in [4.69, 9.17) is 0 Å². The molecule has 0 fully saturated rings. The molecule has 1 aliphatic heterocycles. The topological polar surface area (TPSA) is 29.1 Å². The summed E-state index contributed by atoms with van der Waals surface area (Å²) in [6, 6.07) is 16.5. The number of hydrogen-bond acceptors (Lipinski definition) is 3. The van der Waals surface area contributed by atoms with Crippen LogP contribution in [-0.2, 0) is 0 Å². The van der Waals surface area contributed by atoms with E-state index in [-0.39, 0.29) is 11.0 Å². The van der Waals surface area contributed by atoms with Crippen molar-refractivity contribution in [3.8, 4) is 0 Å². The lowest BCUT2D eigenvalue weighted by molar-refractivity contribution is 0.103. The minimum atomic E-state index is 0.116. The molecular weight excluding hydrogens is 290 g/mol. The largest absolute Gasteiger partial charge is 0.383 e. The Hall–Kier alpha value is -2.00. The zero-order valence-corrected chi connectivity index (χ0v) is 13.2.